The topological polar surface area (TPSA) is 85.4 Å². The van der Waals surface area contributed by atoms with Crippen LogP contribution in [0.15, 0.2) is 43.2 Å². The second-order valence-corrected chi connectivity index (χ2v) is 4.77. The van der Waals surface area contributed by atoms with Gasteiger partial charge in [0.2, 0.25) is 0 Å². The quantitative estimate of drug-likeness (QED) is 0.822. The number of carbonyl (C=O) groups is 1. The summed E-state index contributed by atoms with van der Waals surface area (Å²) >= 11 is 0. The molecule has 0 spiro atoms. The zero-order chi connectivity index (χ0) is 16.1. The fourth-order valence-electron chi connectivity index (χ4n) is 2.07. The van der Waals surface area contributed by atoms with Crippen LogP contribution >= 0.6 is 0 Å². The number of carbonyl (C=O) groups excluding carboxylic acids is 1. The van der Waals surface area contributed by atoms with Gasteiger partial charge in [0.15, 0.2) is 11.5 Å². The average Bonchev–Trinajstić information content (AvgIpc) is 2.60. The predicted molar refractivity (Wildman–Crippen MR) is 86.1 cm³/mol. The second kappa shape index (κ2) is 6.78. The van der Waals surface area contributed by atoms with E-state index in [0.717, 1.165) is 0 Å². The molecule has 3 rings (SSSR count). The largest absolute Gasteiger partial charge is 0.486 e. The first-order valence-corrected chi connectivity index (χ1v) is 7.14. The van der Waals surface area contributed by atoms with E-state index in [1.54, 1.807) is 30.3 Å². The first-order valence-electron chi connectivity index (χ1n) is 7.14. The van der Waals surface area contributed by atoms with Crippen LogP contribution in [0.1, 0.15) is 10.5 Å². The van der Waals surface area contributed by atoms with Crippen molar-refractivity contribution < 1.29 is 14.3 Å². The van der Waals surface area contributed by atoms with E-state index in [1.807, 2.05) is 0 Å². The highest BCUT2D eigenvalue weighted by Crippen LogP contribution is 2.32. The van der Waals surface area contributed by atoms with Crippen molar-refractivity contribution in [1.82, 2.24) is 9.97 Å². The molecule has 0 atom stereocenters. The Labute approximate surface area is 133 Å². The summed E-state index contributed by atoms with van der Waals surface area (Å²) in [5.74, 6) is 1.52. The molecule has 0 aliphatic carbocycles. The maximum atomic E-state index is 12.3. The number of aromatic nitrogens is 2. The molecule has 1 amide bonds. The Morgan fingerprint density at radius 3 is 2.87 bits per heavy atom. The molecule has 2 aromatic rings. The molecule has 0 saturated heterocycles. The number of amides is 1. The Kier molecular flexibility index (Phi) is 4.37. The smallest absolute Gasteiger partial charge is 0.274 e. The van der Waals surface area contributed by atoms with Crippen LogP contribution in [0.5, 0.6) is 11.5 Å². The van der Waals surface area contributed by atoms with E-state index in [4.69, 9.17) is 9.47 Å². The summed E-state index contributed by atoms with van der Waals surface area (Å²) in [7, 11) is 0. The number of hydrogen-bond donors (Lipinski definition) is 2. The summed E-state index contributed by atoms with van der Waals surface area (Å²) in [6, 6.07) is 6.83. The number of nitrogens with one attached hydrogen (secondary N) is 2. The van der Waals surface area contributed by atoms with Crippen LogP contribution in [0, 0.1) is 0 Å². The Balaban J connectivity index is 1.72. The molecule has 1 aromatic carbocycles. The van der Waals surface area contributed by atoms with Crippen LogP contribution in [0.25, 0.3) is 0 Å². The zero-order valence-electron chi connectivity index (χ0n) is 12.4. The molecule has 0 saturated carbocycles. The average molecular weight is 312 g/mol. The van der Waals surface area contributed by atoms with Crippen molar-refractivity contribution in [2.24, 2.45) is 0 Å². The third kappa shape index (κ3) is 3.57. The number of fused-ring (bicyclic) bond motifs is 1. The van der Waals surface area contributed by atoms with E-state index in [-0.39, 0.29) is 11.6 Å². The lowest BCUT2D eigenvalue weighted by molar-refractivity contribution is 0.102. The molecule has 0 bridgehead atoms. The molecule has 7 heteroatoms. The summed E-state index contributed by atoms with van der Waals surface area (Å²) in [5, 5.41) is 5.79. The van der Waals surface area contributed by atoms with E-state index >= 15 is 0 Å². The Morgan fingerprint density at radius 2 is 2.04 bits per heavy atom. The molecule has 2 N–H and O–H groups in total. The van der Waals surface area contributed by atoms with Crippen LogP contribution in [0.3, 0.4) is 0 Å². The van der Waals surface area contributed by atoms with Gasteiger partial charge >= 0.3 is 0 Å². The van der Waals surface area contributed by atoms with Crippen molar-refractivity contribution in [3.8, 4) is 11.5 Å². The Morgan fingerprint density at radius 1 is 1.22 bits per heavy atom. The van der Waals surface area contributed by atoms with Gasteiger partial charge in [0, 0.05) is 24.4 Å². The van der Waals surface area contributed by atoms with E-state index in [2.05, 4.69) is 27.2 Å². The summed E-state index contributed by atoms with van der Waals surface area (Å²) in [5.41, 5.74) is 0.875. The van der Waals surface area contributed by atoms with Crippen molar-refractivity contribution >= 4 is 17.4 Å². The van der Waals surface area contributed by atoms with Gasteiger partial charge in [-0.25, -0.2) is 9.97 Å². The molecule has 0 unspecified atom stereocenters. The third-order valence-electron chi connectivity index (χ3n) is 3.13. The summed E-state index contributed by atoms with van der Waals surface area (Å²) in [6.07, 6.45) is 3.04. The van der Waals surface area contributed by atoms with Crippen molar-refractivity contribution in [2.45, 2.75) is 0 Å². The molecule has 1 aliphatic heterocycles. The van der Waals surface area contributed by atoms with Gasteiger partial charge in [0.25, 0.3) is 5.91 Å². The summed E-state index contributed by atoms with van der Waals surface area (Å²) in [4.78, 5) is 20.3. The van der Waals surface area contributed by atoms with Crippen LogP contribution < -0.4 is 20.1 Å². The summed E-state index contributed by atoms with van der Waals surface area (Å²) in [6.45, 7) is 5.20. The molecule has 1 aromatic heterocycles. The molecule has 7 nitrogen and oxygen atoms in total. The Bertz CT molecular complexity index is 733. The van der Waals surface area contributed by atoms with Gasteiger partial charge in [0.1, 0.15) is 31.1 Å². The number of benzene rings is 1. The van der Waals surface area contributed by atoms with Gasteiger partial charge in [-0.1, -0.05) is 6.08 Å². The lowest BCUT2D eigenvalue weighted by atomic mass is 10.2. The highest BCUT2D eigenvalue weighted by atomic mass is 16.6. The number of anilines is 2. The fourth-order valence-corrected chi connectivity index (χ4v) is 2.07. The van der Waals surface area contributed by atoms with Gasteiger partial charge < -0.3 is 20.1 Å². The van der Waals surface area contributed by atoms with Gasteiger partial charge in [-0.3, -0.25) is 4.79 Å². The molecule has 0 radical (unpaired) electrons. The van der Waals surface area contributed by atoms with Crippen LogP contribution in [-0.2, 0) is 0 Å². The first kappa shape index (κ1) is 14.8. The standard InChI is InChI=1S/C16H16N4O3/c1-2-5-17-15-9-12(18-10-19-15)16(21)20-11-3-4-13-14(8-11)23-7-6-22-13/h2-4,8-10H,1,5-7H2,(H,20,21)(H,17,18,19). The monoisotopic (exact) mass is 312 g/mol. The lowest BCUT2D eigenvalue weighted by Gasteiger charge is -2.18. The maximum Gasteiger partial charge on any atom is 0.274 e. The molecule has 2 heterocycles. The van der Waals surface area contributed by atoms with Gasteiger partial charge in [-0.2, -0.15) is 0 Å². The van der Waals surface area contributed by atoms with Crippen LogP contribution in [0.2, 0.25) is 0 Å². The minimum atomic E-state index is -0.328. The van der Waals surface area contributed by atoms with Crippen molar-refractivity contribution in [3.63, 3.8) is 0 Å². The number of rotatable bonds is 5. The molecule has 118 valence electrons. The van der Waals surface area contributed by atoms with Crippen molar-refractivity contribution in [2.75, 3.05) is 30.4 Å². The van der Waals surface area contributed by atoms with Gasteiger partial charge in [0.05, 0.1) is 0 Å². The molecule has 1 aliphatic rings. The SMILES string of the molecule is C=CCNc1cc(C(=O)Nc2ccc3c(c2)OCCO3)ncn1. The maximum absolute atomic E-state index is 12.3. The highest BCUT2D eigenvalue weighted by Gasteiger charge is 2.14. The first-order chi connectivity index (χ1) is 11.3. The predicted octanol–water partition coefficient (Wildman–Crippen LogP) is 2.10. The minimum absolute atomic E-state index is 0.265. The number of hydrogen-bond acceptors (Lipinski definition) is 6. The number of nitrogens with zero attached hydrogens (tertiary/aromatic N) is 2. The normalized spacial score (nSPS) is 12.3. The molecule has 23 heavy (non-hydrogen) atoms. The molecular weight excluding hydrogens is 296 g/mol. The Hall–Kier alpha value is -3.09. The zero-order valence-corrected chi connectivity index (χ0v) is 12.4. The molecule has 0 fully saturated rings. The van der Waals surface area contributed by atoms with Gasteiger partial charge in [-0.05, 0) is 12.1 Å². The van der Waals surface area contributed by atoms with Crippen molar-refractivity contribution in [3.05, 3.63) is 48.9 Å². The summed E-state index contributed by atoms with van der Waals surface area (Å²) < 4.78 is 10.9. The minimum Gasteiger partial charge on any atom is -0.486 e. The second-order valence-electron chi connectivity index (χ2n) is 4.77. The molecular formula is C16H16N4O3. The van der Waals surface area contributed by atoms with E-state index in [1.165, 1.54) is 6.33 Å². The fraction of sp³-hybridized carbons (Fsp3) is 0.188. The van der Waals surface area contributed by atoms with Crippen LogP contribution in [-0.4, -0.2) is 35.6 Å². The van der Waals surface area contributed by atoms with Crippen molar-refractivity contribution in [1.29, 1.82) is 0 Å². The third-order valence-corrected chi connectivity index (χ3v) is 3.13. The lowest BCUT2D eigenvalue weighted by Crippen LogP contribution is -2.17. The van der Waals surface area contributed by atoms with E-state index in [0.29, 0.717) is 42.8 Å². The van der Waals surface area contributed by atoms with E-state index in [9.17, 15) is 4.79 Å². The number of ether oxygens (including phenoxy) is 2. The van der Waals surface area contributed by atoms with E-state index < -0.39 is 0 Å². The van der Waals surface area contributed by atoms with Gasteiger partial charge in [-0.15, -0.1) is 6.58 Å². The van der Waals surface area contributed by atoms with Crippen LogP contribution in [0.4, 0.5) is 11.5 Å². The highest BCUT2D eigenvalue weighted by molar-refractivity contribution is 6.03.